The quantitative estimate of drug-likeness (QED) is 0.928. The van der Waals surface area contributed by atoms with Gasteiger partial charge >= 0.3 is 0 Å². The fourth-order valence-electron chi connectivity index (χ4n) is 2.14. The van der Waals surface area contributed by atoms with E-state index in [0.29, 0.717) is 6.04 Å². The topological polar surface area (TPSA) is 24.5 Å². The molecule has 0 aliphatic carbocycles. The molecule has 94 valence electrons. The van der Waals surface area contributed by atoms with Gasteiger partial charge in [0.25, 0.3) is 0 Å². The van der Waals surface area contributed by atoms with Crippen LogP contribution in [0.15, 0.2) is 22.7 Å². The second kappa shape index (κ2) is 5.74. The summed E-state index contributed by atoms with van der Waals surface area (Å²) in [5.41, 5.74) is 1.16. The molecule has 0 bridgehead atoms. The van der Waals surface area contributed by atoms with E-state index in [4.69, 9.17) is 4.74 Å². The zero-order valence-electron chi connectivity index (χ0n) is 10.4. The number of methoxy groups -OCH3 is 1. The van der Waals surface area contributed by atoms with Crippen molar-refractivity contribution in [2.45, 2.75) is 18.9 Å². The number of hydrogen-bond donors (Lipinski definition) is 1. The molecule has 1 heterocycles. The number of hydrogen-bond acceptors (Lipinski definition) is 3. The van der Waals surface area contributed by atoms with Gasteiger partial charge < -0.3 is 15.0 Å². The summed E-state index contributed by atoms with van der Waals surface area (Å²) in [4.78, 5) is 2.38. The van der Waals surface area contributed by atoms with Gasteiger partial charge in [0.05, 0.1) is 11.6 Å². The Bertz CT molecular complexity index is 376. The van der Waals surface area contributed by atoms with Gasteiger partial charge in [-0.2, -0.15) is 0 Å². The van der Waals surface area contributed by atoms with Crippen molar-refractivity contribution < 1.29 is 4.74 Å². The molecule has 17 heavy (non-hydrogen) atoms. The SMILES string of the molecule is COc1ccc(NC2CCN(C)CC2)cc1Br. The van der Waals surface area contributed by atoms with Crippen LogP contribution in [0.4, 0.5) is 5.69 Å². The van der Waals surface area contributed by atoms with E-state index < -0.39 is 0 Å². The summed E-state index contributed by atoms with van der Waals surface area (Å²) in [6.07, 6.45) is 2.42. The molecule has 0 unspecified atom stereocenters. The van der Waals surface area contributed by atoms with Crippen molar-refractivity contribution in [3.8, 4) is 5.75 Å². The Morgan fingerprint density at radius 2 is 2.06 bits per heavy atom. The molecule has 1 aromatic rings. The third-order valence-corrected chi connectivity index (χ3v) is 3.86. The largest absolute Gasteiger partial charge is 0.496 e. The molecule has 3 nitrogen and oxygen atoms in total. The van der Waals surface area contributed by atoms with Gasteiger partial charge in [0, 0.05) is 11.7 Å². The maximum absolute atomic E-state index is 5.22. The fraction of sp³-hybridized carbons (Fsp3) is 0.538. The number of piperidine rings is 1. The molecular formula is C13H19BrN2O. The van der Waals surface area contributed by atoms with E-state index in [-0.39, 0.29) is 0 Å². The lowest BCUT2D eigenvalue weighted by Crippen LogP contribution is -2.36. The van der Waals surface area contributed by atoms with Crippen molar-refractivity contribution in [3.05, 3.63) is 22.7 Å². The van der Waals surface area contributed by atoms with Crippen molar-refractivity contribution in [1.82, 2.24) is 4.90 Å². The molecule has 4 heteroatoms. The zero-order valence-corrected chi connectivity index (χ0v) is 12.0. The summed E-state index contributed by atoms with van der Waals surface area (Å²) in [6.45, 7) is 2.35. The van der Waals surface area contributed by atoms with Crippen LogP contribution in [0.5, 0.6) is 5.75 Å². The predicted molar refractivity (Wildman–Crippen MR) is 74.8 cm³/mol. The Labute approximate surface area is 111 Å². The zero-order chi connectivity index (χ0) is 12.3. The molecule has 0 amide bonds. The smallest absolute Gasteiger partial charge is 0.133 e. The van der Waals surface area contributed by atoms with Crippen LogP contribution < -0.4 is 10.1 Å². The van der Waals surface area contributed by atoms with Crippen molar-refractivity contribution in [1.29, 1.82) is 0 Å². The first kappa shape index (κ1) is 12.7. The maximum Gasteiger partial charge on any atom is 0.133 e. The molecule has 0 radical (unpaired) electrons. The monoisotopic (exact) mass is 298 g/mol. The molecule has 1 fully saturated rings. The second-order valence-corrected chi connectivity index (χ2v) is 5.43. The van der Waals surface area contributed by atoms with E-state index in [1.165, 1.54) is 25.9 Å². The maximum atomic E-state index is 5.22. The van der Waals surface area contributed by atoms with Gasteiger partial charge in [-0.3, -0.25) is 0 Å². The summed E-state index contributed by atoms with van der Waals surface area (Å²) in [7, 11) is 3.87. The predicted octanol–water partition coefficient (Wildman–Crippen LogP) is 2.96. The lowest BCUT2D eigenvalue weighted by atomic mass is 10.1. The van der Waals surface area contributed by atoms with Crippen LogP contribution in [-0.4, -0.2) is 38.2 Å². The molecular weight excluding hydrogens is 280 g/mol. The number of ether oxygens (including phenoxy) is 1. The number of anilines is 1. The van der Waals surface area contributed by atoms with Gasteiger partial charge in [0.15, 0.2) is 0 Å². The first-order valence-corrected chi connectivity index (χ1v) is 6.77. The summed E-state index contributed by atoms with van der Waals surface area (Å²) >= 11 is 3.51. The Hall–Kier alpha value is -0.740. The Balaban J connectivity index is 1.97. The number of halogens is 1. The van der Waals surface area contributed by atoms with Crippen LogP contribution in [0.3, 0.4) is 0 Å². The summed E-state index contributed by atoms with van der Waals surface area (Å²) in [6, 6.07) is 6.73. The minimum Gasteiger partial charge on any atom is -0.496 e. The second-order valence-electron chi connectivity index (χ2n) is 4.57. The van der Waals surface area contributed by atoms with E-state index in [1.54, 1.807) is 7.11 Å². The molecule has 1 saturated heterocycles. The number of likely N-dealkylation sites (tertiary alicyclic amines) is 1. The van der Waals surface area contributed by atoms with Gasteiger partial charge in [-0.1, -0.05) is 0 Å². The van der Waals surface area contributed by atoms with Crippen LogP contribution in [0.25, 0.3) is 0 Å². The van der Waals surface area contributed by atoms with E-state index in [2.05, 4.69) is 45.3 Å². The minimum absolute atomic E-state index is 0.589. The molecule has 2 rings (SSSR count). The summed E-state index contributed by atoms with van der Waals surface area (Å²) in [5, 5.41) is 3.58. The third-order valence-electron chi connectivity index (χ3n) is 3.24. The molecule has 0 atom stereocenters. The minimum atomic E-state index is 0.589. The first-order valence-electron chi connectivity index (χ1n) is 5.97. The van der Waals surface area contributed by atoms with Gasteiger partial charge in [0.2, 0.25) is 0 Å². The highest BCUT2D eigenvalue weighted by Crippen LogP contribution is 2.28. The van der Waals surface area contributed by atoms with E-state index in [1.807, 2.05) is 6.07 Å². The van der Waals surface area contributed by atoms with Gasteiger partial charge in [-0.05, 0) is 67.1 Å². The van der Waals surface area contributed by atoms with Crippen LogP contribution in [-0.2, 0) is 0 Å². The number of nitrogens with zero attached hydrogens (tertiary/aromatic N) is 1. The third kappa shape index (κ3) is 3.36. The Kier molecular flexibility index (Phi) is 4.29. The van der Waals surface area contributed by atoms with Crippen LogP contribution in [0.1, 0.15) is 12.8 Å². The standard InChI is InChI=1S/C13H19BrN2O/c1-16-7-5-10(6-8-16)15-11-3-4-13(17-2)12(14)9-11/h3-4,9-10,15H,5-8H2,1-2H3. The van der Waals surface area contributed by atoms with Crippen LogP contribution >= 0.6 is 15.9 Å². The average Bonchev–Trinajstić information content (AvgIpc) is 2.32. The highest BCUT2D eigenvalue weighted by atomic mass is 79.9. The van der Waals surface area contributed by atoms with Crippen LogP contribution in [0, 0.1) is 0 Å². The number of benzene rings is 1. The lowest BCUT2D eigenvalue weighted by molar-refractivity contribution is 0.264. The number of rotatable bonds is 3. The highest BCUT2D eigenvalue weighted by molar-refractivity contribution is 9.10. The lowest BCUT2D eigenvalue weighted by Gasteiger charge is -2.30. The van der Waals surface area contributed by atoms with E-state index in [9.17, 15) is 0 Å². The number of nitrogens with one attached hydrogen (secondary N) is 1. The highest BCUT2D eigenvalue weighted by Gasteiger charge is 2.16. The van der Waals surface area contributed by atoms with Crippen LogP contribution in [0.2, 0.25) is 0 Å². The van der Waals surface area contributed by atoms with Crippen molar-refractivity contribution in [2.75, 3.05) is 32.6 Å². The normalized spacial score (nSPS) is 18.1. The summed E-state index contributed by atoms with van der Waals surface area (Å²) in [5.74, 6) is 0.874. The van der Waals surface area contributed by atoms with Crippen molar-refractivity contribution in [2.24, 2.45) is 0 Å². The van der Waals surface area contributed by atoms with Gasteiger partial charge in [-0.15, -0.1) is 0 Å². The molecule has 0 aromatic heterocycles. The molecule has 0 spiro atoms. The Morgan fingerprint density at radius 3 is 2.65 bits per heavy atom. The summed E-state index contributed by atoms with van der Waals surface area (Å²) < 4.78 is 6.22. The van der Waals surface area contributed by atoms with E-state index in [0.717, 1.165) is 15.9 Å². The first-order chi connectivity index (χ1) is 8.19. The van der Waals surface area contributed by atoms with E-state index >= 15 is 0 Å². The molecule has 1 aliphatic rings. The average molecular weight is 299 g/mol. The van der Waals surface area contributed by atoms with Gasteiger partial charge in [-0.25, -0.2) is 0 Å². The van der Waals surface area contributed by atoms with Gasteiger partial charge in [0.1, 0.15) is 5.75 Å². The molecule has 0 saturated carbocycles. The molecule has 1 aliphatic heterocycles. The van der Waals surface area contributed by atoms with Crippen molar-refractivity contribution in [3.63, 3.8) is 0 Å². The molecule has 1 N–H and O–H groups in total. The molecule has 1 aromatic carbocycles. The Morgan fingerprint density at radius 1 is 1.35 bits per heavy atom. The fourth-order valence-corrected chi connectivity index (χ4v) is 2.69. The van der Waals surface area contributed by atoms with Crippen molar-refractivity contribution >= 4 is 21.6 Å².